The molecule has 1 aromatic carbocycles. The van der Waals surface area contributed by atoms with E-state index >= 15 is 0 Å². The Morgan fingerprint density at radius 3 is 2.58 bits per heavy atom. The molecule has 0 unspecified atom stereocenters. The first-order valence-corrected chi connectivity index (χ1v) is 10.4. The van der Waals surface area contributed by atoms with Gasteiger partial charge < -0.3 is 16.4 Å². The molecule has 1 aliphatic heterocycles. The van der Waals surface area contributed by atoms with E-state index in [0.717, 1.165) is 50.2 Å². The van der Waals surface area contributed by atoms with Gasteiger partial charge in [0.2, 0.25) is 5.91 Å². The summed E-state index contributed by atoms with van der Waals surface area (Å²) in [6.07, 6.45) is 5.95. The van der Waals surface area contributed by atoms with E-state index in [9.17, 15) is 4.79 Å². The van der Waals surface area contributed by atoms with Crippen LogP contribution in [-0.4, -0.2) is 33.6 Å². The molecular weight excluding hydrogens is 459 g/mol. The van der Waals surface area contributed by atoms with E-state index in [-0.39, 0.29) is 30.2 Å². The molecule has 2 aromatic heterocycles. The van der Waals surface area contributed by atoms with Crippen LogP contribution in [0, 0.1) is 0 Å². The normalized spacial score (nSPS) is 16.4. The van der Waals surface area contributed by atoms with Gasteiger partial charge >= 0.3 is 0 Å². The lowest BCUT2D eigenvalue weighted by Crippen LogP contribution is -2.39. The molecule has 5 rings (SSSR count). The number of amides is 1. The fourth-order valence-corrected chi connectivity index (χ4v) is 4.87. The second-order valence-electron chi connectivity index (χ2n) is 7.96. The van der Waals surface area contributed by atoms with E-state index in [1.54, 1.807) is 18.3 Å². The zero-order chi connectivity index (χ0) is 20.0. The monoisotopic (exact) mass is 482 g/mol. The highest BCUT2D eigenvalue weighted by molar-refractivity contribution is 6.33. The first kappa shape index (κ1) is 23.6. The predicted molar refractivity (Wildman–Crippen MR) is 127 cm³/mol. The SMILES string of the molecule is Cl.Cl.NC(=O)c1ccc(CNc2c3c(nc4c(Cl)cnn24)C2(CCNCC2)CC3)cc1. The first-order chi connectivity index (χ1) is 14.1. The third-order valence-electron chi connectivity index (χ3n) is 6.32. The molecule has 31 heavy (non-hydrogen) atoms. The van der Waals surface area contributed by atoms with Gasteiger partial charge in [0.15, 0.2) is 5.65 Å². The number of piperidine rings is 1. The maximum Gasteiger partial charge on any atom is 0.248 e. The van der Waals surface area contributed by atoms with Crippen LogP contribution in [0.4, 0.5) is 5.82 Å². The maximum atomic E-state index is 11.3. The lowest BCUT2D eigenvalue weighted by Gasteiger charge is -2.34. The van der Waals surface area contributed by atoms with E-state index in [4.69, 9.17) is 22.3 Å². The molecule has 7 nitrogen and oxygen atoms in total. The summed E-state index contributed by atoms with van der Waals surface area (Å²) >= 11 is 6.41. The Bertz CT molecular complexity index is 1090. The second kappa shape index (κ2) is 9.20. The molecule has 1 amide bonds. The average Bonchev–Trinajstić information content (AvgIpc) is 3.28. The zero-order valence-corrected chi connectivity index (χ0v) is 19.2. The van der Waals surface area contributed by atoms with Crippen LogP contribution in [0.25, 0.3) is 5.65 Å². The maximum absolute atomic E-state index is 11.3. The molecule has 0 bridgehead atoms. The Morgan fingerprint density at radius 2 is 1.90 bits per heavy atom. The van der Waals surface area contributed by atoms with Crippen LogP contribution in [0.2, 0.25) is 5.02 Å². The number of anilines is 1. The molecule has 3 heterocycles. The number of benzene rings is 1. The minimum Gasteiger partial charge on any atom is -0.366 e. The summed E-state index contributed by atoms with van der Waals surface area (Å²) in [5.41, 5.74) is 10.2. The molecule has 1 aliphatic carbocycles. The molecule has 1 fully saturated rings. The highest BCUT2D eigenvalue weighted by Gasteiger charge is 2.43. The van der Waals surface area contributed by atoms with Crippen molar-refractivity contribution in [3.8, 4) is 0 Å². The largest absolute Gasteiger partial charge is 0.366 e. The van der Waals surface area contributed by atoms with Crippen LogP contribution in [0.15, 0.2) is 30.5 Å². The Balaban J connectivity index is 0.00000136. The van der Waals surface area contributed by atoms with E-state index in [1.165, 1.54) is 11.3 Å². The topological polar surface area (TPSA) is 97.3 Å². The standard InChI is InChI=1S/C21H23ClN6O.2ClH/c22-16-12-26-28-19(25-11-13-1-3-14(4-2-13)18(23)29)15-5-6-21(7-9-24-10-8-21)17(15)27-20(16)28;;/h1-4,12,24-25H,5-11H2,(H2,23,29);2*1H. The molecule has 2 aliphatic rings. The van der Waals surface area contributed by atoms with Gasteiger partial charge in [-0.05, 0) is 56.5 Å². The number of fused-ring (bicyclic) bond motifs is 3. The number of aromatic nitrogens is 3. The number of nitrogens with zero attached hydrogens (tertiary/aromatic N) is 3. The van der Waals surface area contributed by atoms with Gasteiger partial charge in [0.25, 0.3) is 0 Å². The van der Waals surface area contributed by atoms with Crippen molar-refractivity contribution in [1.82, 2.24) is 19.9 Å². The van der Waals surface area contributed by atoms with Crippen molar-refractivity contribution in [3.05, 3.63) is 57.9 Å². The number of nitrogens with two attached hydrogens (primary N) is 1. The smallest absolute Gasteiger partial charge is 0.248 e. The van der Waals surface area contributed by atoms with Crippen molar-refractivity contribution in [3.63, 3.8) is 0 Å². The third kappa shape index (κ3) is 4.07. The van der Waals surface area contributed by atoms with Crippen LogP contribution in [0.5, 0.6) is 0 Å². The number of hydrogen-bond acceptors (Lipinski definition) is 5. The molecule has 3 aromatic rings. The predicted octanol–water partition coefficient (Wildman–Crippen LogP) is 3.50. The fourth-order valence-electron chi connectivity index (χ4n) is 4.70. The fraction of sp³-hybridized carbons (Fsp3) is 0.381. The molecule has 10 heteroatoms. The molecule has 1 spiro atoms. The van der Waals surface area contributed by atoms with Crippen molar-refractivity contribution < 1.29 is 4.79 Å². The van der Waals surface area contributed by atoms with Gasteiger partial charge in [-0.2, -0.15) is 9.61 Å². The number of halogens is 3. The number of nitrogens with one attached hydrogen (secondary N) is 2. The lowest BCUT2D eigenvalue weighted by atomic mass is 9.77. The number of primary amides is 1. The second-order valence-corrected chi connectivity index (χ2v) is 8.37. The highest BCUT2D eigenvalue weighted by atomic mass is 35.5. The number of rotatable bonds is 4. The number of hydrogen-bond donors (Lipinski definition) is 3. The molecular formula is C21H25Cl3N6O. The van der Waals surface area contributed by atoms with Crippen LogP contribution in [0.3, 0.4) is 0 Å². The van der Waals surface area contributed by atoms with E-state index in [1.807, 2.05) is 16.6 Å². The van der Waals surface area contributed by atoms with Gasteiger partial charge in [0.1, 0.15) is 10.8 Å². The molecule has 0 saturated carbocycles. The molecule has 4 N–H and O–H groups in total. The quantitative estimate of drug-likeness (QED) is 0.528. The number of carbonyl (C=O) groups excluding carboxylic acids is 1. The number of carbonyl (C=O) groups is 1. The third-order valence-corrected chi connectivity index (χ3v) is 6.58. The van der Waals surface area contributed by atoms with Crippen molar-refractivity contribution in [1.29, 1.82) is 0 Å². The summed E-state index contributed by atoms with van der Waals surface area (Å²) in [6, 6.07) is 7.33. The molecule has 0 atom stereocenters. The summed E-state index contributed by atoms with van der Waals surface area (Å²) in [5.74, 6) is 0.544. The van der Waals surface area contributed by atoms with Crippen molar-refractivity contribution >= 4 is 53.8 Å². The molecule has 166 valence electrons. The Kier molecular flexibility index (Phi) is 7.01. The summed E-state index contributed by atoms with van der Waals surface area (Å²) in [4.78, 5) is 16.3. The van der Waals surface area contributed by atoms with Gasteiger partial charge in [0.05, 0.1) is 11.9 Å². The summed E-state index contributed by atoms with van der Waals surface area (Å²) in [7, 11) is 0. The van der Waals surface area contributed by atoms with E-state index in [0.29, 0.717) is 22.8 Å². The summed E-state index contributed by atoms with van der Waals surface area (Å²) in [5, 5.41) is 12.1. The van der Waals surface area contributed by atoms with Crippen LogP contribution < -0.4 is 16.4 Å². The first-order valence-electron chi connectivity index (χ1n) is 9.97. The molecule has 1 saturated heterocycles. The van der Waals surface area contributed by atoms with Gasteiger partial charge in [-0.1, -0.05) is 23.7 Å². The van der Waals surface area contributed by atoms with Crippen molar-refractivity contribution in [2.24, 2.45) is 5.73 Å². The minimum absolute atomic E-state index is 0. The Labute approximate surface area is 197 Å². The minimum atomic E-state index is -0.420. The Hall–Kier alpha value is -2.06. The van der Waals surface area contributed by atoms with E-state index in [2.05, 4.69) is 15.7 Å². The van der Waals surface area contributed by atoms with Crippen molar-refractivity contribution in [2.75, 3.05) is 18.4 Å². The van der Waals surface area contributed by atoms with Crippen LogP contribution >= 0.6 is 36.4 Å². The van der Waals surface area contributed by atoms with E-state index < -0.39 is 5.91 Å². The summed E-state index contributed by atoms with van der Waals surface area (Å²) < 4.78 is 1.82. The van der Waals surface area contributed by atoms with Gasteiger partial charge in [-0.3, -0.25) is 4.79 Å². The van der Waals surface area contributed by atoms with Crippen LogP contribution in [-0.2, 0) is 18.4 Å². The van der Waals surface area contributed by atoms with Crippen molar-refractivity contribution in [2.45, 2.75) is 37.6 Å². The lowest BCUT2D eigenvalue weighted by molar-refractivity contribution is 0.100. The highest BCUT2D eigenvalue weighted by Crippen LogP contribution is 2.46. The van der Waals surface area contributed by atoms with Gasteiger partial charge in [0, 0.05) is 23.1 Å². The van der Waals surface area contributed by atoms with Crippen LogP contribution in [0.1, 0.15) is 46.4 Å². The summed E-state index contributed by atoms with van der Waals surface area (Å²) in [6.45, 7) is 2.65. The zero-order valence-electron chi connectivity index (χ0n) is 16.9. The van der Waals surface area contributed by atoms with Gasteiger partial charge in [-0.25, -0.2) is 4.98 Å². The Morgan fingerprint density at radius 1 is 1.19 bits per heavy atom. The average molecular weight is 484 g/mol. The molecule has 0 radical (unpaired) electrons. The van der Waals surface area contributed by atoms with Gasteiger partial charge in [-0.15, -0.1) is 24.8 Å².